The van der Waals surface area contributed by atoms with Crippen LogP contribution in [-0.2, 0) is 4.74 Å². The number of morpholine rings is 1. The molecule has 3 heterocycles. The topological polar surface area (TPSA) is 73.5 Å². The molecule has 1 aliphatic rings. The van der Waals surface area contributed by atoms with Crippen molar-refractivity contribution >= 4 is 0 Å². The van der Waals surface area contributed by atoms with Crippen LogP contribution < -0.4 is 4.74 Å². The fourth-order valence-corrected chi connectivity index (χ4v) is 3.12. The maximum atomic E-state index is 14.5. The zero-order chi connectivity index (χ0) is 18.6. The Balaban J connectivity index is 1.70. The van der Waals surface area contributed by atoms with Crippen molar-refractivity contribution < 1.29 is 18.4 Å². The van der Waals surface area contributed by atoms with E-state index in [1.165, 1.54) is 6.07 Å². The van der Waals surface area contributed by atoms with Crippen molar-refractivity contribution in [3.05, 3.63) is 59.9 Å². The molecule has 0 spiro atoms. The fraction of sp³-hybridized carbons (Fsp3) is 0.316. The lowest BCUT2D eigenvalue weighted by atomic mass is 10.0. The summed E-state index contributed by atoms with van der Waals surface area (Å²) in [4.78, 5) is 10.8. The van der Waals surface area contributed by atoms with Gasteiger partial charge in [-0.05, 0) is 12.1 Å². The third-order valence-electron chi connectivity index (χ3n) is 4.49. The van der Waals surface area contributed by atoms with Gasteiger partial charge in [-0.15, -0.1) is 0 Å². The van der Waals surface area contributed by atoms with Gasteiger partial charge in [-0.25, -0.2) is 9.37 Å². The number of rotatable bonds is 5. The second-order valence-corrected chi connectivity index (χ2v) is 6.12. The van der Waals surface area contributed by atoms with Gasteiger partial charge in [0, 0.05) is 36.5 Å². The van der Waals surface area contributed by atoms with E-state index in [0.29, 0.717) is 55.0 Å². The molecule has 0 radical (unpaired) electrons. The molecule has 27 heavy (non-hydrogen) atoms. The lowest BCUT2D eigenvalue weighted by molar-refractivity contribution is 0.0174. The average Bonchev–Trinajstić information content (AvgIpc) is 3.20. The Morgan fingerprint density at radius 2 is 1.96 bits per heavy atom. The van der Waals surface area contributed by atoms with Crippen LogP contribution in [0.3, 0.4) is 0 Å². The molecule has 4 rings (SSSR count). The summed E-state index contributed by atoms with van der Waals surface area (Å²) in [5, 5.41) is 4.07. The summed E-state index contributed by atoms with van der Waals surface area (Å²) in [5.74, 6) is 0.933. The third-order valence-corrected chi connectivity index (χ3v) is 4.49. The van der Waals surface area contributed by atoms with Crippen LogP contribution >= 0.6 is 0 Å². The summed E-state index contributed by atoms with van der Waals surface area (Å²) >= 11 is 0. The summed E-state index contributed by atoms with van der Waals surface area (Å²) in [6, 6.07) is 9.70. The number of methoxy groups -OCH3 is 1. The first-order chi connectivity index (χ1) is 13.3. The number of pyridine rings is 1. The summed E-state index contributed by atoms with van der Waals surface area (Å²) in [7, 11) is 1.55. The van der Waals surface area contributed by atoms with E-state index in [0.717, 1.165) is 0 Å². The van der Waals surface area contributed by atoms with Gasteiger partial charge in [0.1, 0.15) is 11.9 Å². The van der Waals surface area contributed by atoms with E-state index < -0.39 is 6.04 Å². The molecular weight excluding hydrogens is 351 g/mol. The van der Waals surface area contributed by atoms with E-state index >= 15 is 0 Å². The lowest BCUT2D eigenvalue weighted by Crippen LogP contribution is -2.40. The first kappa shape index (κ1) is 17.6. The van der Waals surface area contributed by atoms with Gasteiger partial charge in [-0.2, -0.15) is 4.98 Å². The van der Waals surface area contributed by atoms with E-state index in [9.17, 15) is 4.39 Å². The van der Waals surface area contributed by atoms with Crippen LogP contribution in [0.2, 0.25) is 0 Å². The molecule has 1 atom stereocenters. The molecule has 0 unspecified atom stereocenters. The maximum Gasteiger partial charge on any atom is 0.249 e. The fourth-order valence-electron chi connectivity index (χ4n) is 3.12. The van der Waals surface area contributed by atoms with Crippen LogP contribution in [0.5, 0.6) is 5.88 Å². The summed E-state index contributed by atoms with van der Waals surface area (Å²) < 4.78 is 30.5. The molecule has 1 saturated heterocycles. The van der Waals surface area contributed by atoms with Crippen LogP contribution in [-0.4, -0.2) is 53.4 Å². The average molecular weight is 370 g/mol. The Kier molecular flexibility index (Phi) is 5.08. The minimum Gasteiger partial charge on any atom is -0.481 e. The van der Waals surface area contributed by atoms with Crippen molar-refractivity contribution in [3.63, 3.8) is 0 Å². The molecule has 140 valence electrons. The quantitative estimate of drug-likeness (QED) is 0.684. The maximum absolute atomic E-state index is 14.5. The van der Waals surface area contributed by atoms with Crippen LogP contribution in [0.15, 0.2) is 47.1 Å². The van der Waals surface area contributed by atoms with Gasteiger partial charge >= 0.3 is 0 Å². The van der Waals surface area contributed by atoms with E-state index in [1.54, 1.807) is 43.6 Å². The Bertz CT molecular complexity index is 894. The van der Waals surface area contributed by atoms with E-state index in [4.69, 9.17) is 14.0 Å². The zero-order valence-corrected chi connectivity index (χ0v) is 14.8. The highest BCUT2D eigenvalue weighted by Crippen LogP contribution is 2.31. The molecule has 0 amide bonds. The Morgan fingerprint density at radius 3 is 2.67 bits per heavy atom. The molecule has 0 bridgehead atoms. The van der Waals surface area contributed by atoms with Gasteiger partial charge in [0.2, 0.25) is 17.6 Å². The Labute approximate surface area is 155 Å². The predicted molar refractivity (Wildman–Crippen MR) is 94.7 cm³/mol. The molecular formula is C19H19FN4O3. The number of nitrogens with zero attached hydrogens (tertiary/aromatic N) is 4. The van der Waals surface area contributed by atoms with Gasteiger partial charge < -0.3 is 14.0 Å². The van der Waals surface area contributed by atoms with Gasteiger partial charge in [0.15, 0.2) is 0 Å². The Morgan fingerprint density at radius 1 is 1.15 bits per heavy atom. The first-order valence-electron chi connectivity index (χ1n) is 8.66. The van der Waals surface area contributed by atoms with E-state index in [-0.39, 0.29) is 5.82 Å². The van der Waals surface area contributed by atoms with Crippen molar-refractivity contribution in [1.29, 1.82) is 0 Å². The molecule has 1 aromatic carbocycles. The van der Waals surface area contributed by atoms with Gasteiger partial charge in [0.25, 0.3) is 0 Å². The van der Waals surface area contributed by atoms with Gasteiger partial charge in [-0.1, -0.05) is 23.4 Å². The van der Waals surface area contributed by atoms with Crippen molar-refractivity contribution in [2.24, 2.45) is 0 Å². The number of halogens is 1. The van der Waals surface area contributed by atoms with Crippen molar-refractivity contribution in [3.8, 4) is 17.3 Å². The summed E-state index contributed by atoms with van der Waals surface area (Å²) in [5.41, 5.74) is 1.20. The number of ether oxygens (including phenoxy) is 2. The zero-order valence-electron chi connectivity index (χ0n) is 14.8. The molecule has 1 fully saturated rings. The molecule has 7 nitrogen and oxygen atoms in total. The number of hydrogen-bond acceptors (Lipinski definition) is 7. The second-order valence-electron chi connectivity index (χ2n) is 6.12. The minimum atomic E-state index is -0.470. The lowest BCUT2D eigenvalue weighted by Gasteiger charge is -2.32. The highest BCUT2D eigenvalue weighted by atomic mass is 19.1. The van der Waals surface area contributed by atoms with Crippen LogP contribution in [0.25, 0.3) is 11.4 Å². The van der Waals surface area contributed by atoms with Crippen molar-refractivity contribution in [2.45, 2.75) is 6.04 Å². The largest absolute Gasteiger partial charge is 0.481 e. The smallest absolute Gasteiger partial charge is 0.249 e. The highest BCUT2D eigenvalue weighted by molar-refractivity contribution is 5.53. The minimum absolute atomic E-state index is 0.306. The summed E-state index contributed by atoms with van der Waals surface area (Å²) in [6.07, 6.45) is 1.61. The van der Waals surface area contributed by atoms with Crippen LogP contribution in [0.4, 0.5) is 4.39 Å². The van der Waals surface area contributed by atoms with E-state index in [1.807, 2.05) is 0 Å². The first-order valence-corrected chi connectivity index (χ1v) is 8.66. The molecule has 1 aliphatic heterocycles. The number of aromatic nitrogens is 3. The third kappa shape index (κ3) is 3.67. The van der Waals surface area contributed by atoms with Crippen molar-refractivity contribution in [2.75, 3.05) is 33.4 Å². The molecule has 3 aromatic rings. The molecule has 0 aliphatic carbocycles. The monoisotopic (exact) mass is 370 g/mol. The molecule has 8 heteroatoms. The van der Waals surface area contributed by atoms with Crippen LogP contribution in [0.1, 0.15) is 17.5 Å². The highest BCUT2D eigenvalue weighted by Gasteiger charge is 2.31. The van der Waals surface area contributed by atoms with E-state index in [2.05, 4.69) is 20.0 Å². The number of hydrogen-bond donors (Lipinski definition) is 0. The van der Waals surface area contributed by atoms with Gasteiger partial charge in [0.05, 0.1) is 20.3 Å². The number of benzene rings is 1. The van der Waals surface area contributed by atoms with Crippen molar-refractivity contribution in [1.82, 2.24) is 20.0 Å². The second kappa shape index (κ2) is 7.81. The van der Waals surface area contributed by atoms with Gasteiger partial charge in [-0.3, -0.25) is 4.90 Å². The molecule has 2 aromatic heterocycles. The normalized spacial score (nSPS) is 16.2. The summed E-state index contributed by atoms with van der Waals surface area (Å²) in [6.45, 7) is 2.46. The SMILES string of the molecule is COc1ccc(-c2noc([C@H](c3ccccc3F)N3CCOCC3)n2)cn1. The van der Waals surface area contributed by atoms with Crippen LogP contribution in [0, 0.1) is 5.82 Å². The molecule has 0 N–H and O–H groups in total. The standard InChI is InChI=1S/C19H19FN4O3/c1-25-16-7-6-13(12-21-16)18-22-19(27-23-18)17(24-8-10-26-11-9-24)14-4-2-3-5-15(14)20/h2-7,12,17H,8-11H2,1H3/t17-/m0/s1. The predicted octanol–water partition coefficient (Wildman–Crippen LogP) is 2.70. The Hall–Kier alpha value is -2.84. The molecule has 0 saturated carbocycles.